The molecule has 0 aromatic heterocycles. The fourth-order valence-electron chi connectivity index (χ4n) is 7.98. The van der Waals surface area contributed by atoms with Crippen molar-refractivity contribution in [1.29, 1.82) is 0 Å². The monoisotopic (exact) mass is 885 g/mol. The van der Waals surface area contributed by atoms with Gasteiger partial charge in [-0.25, -0.2) is 0 Å². The Labute approximate surface area is 391 Å². The molecular weight excluding hydrogens is 781 g/mol. The molecule has 0 bridgehead atoms. The zero-order valence-electron chi connectivity index (χ0n) is 42.1. The highest BCUT2D eigenvalue weighted by atomic mass is 16.6. The zero-order valence-corrected chi connectivity index (χ0v) is 42.1. The number of carbonyl (C=O) groups is 3. The Hall–Kier alpha value is -2.37. The lowest BCUT2D eigenvalue weighted by atomic mass is 10.0. The number of ether oxygens (including phenoxy) is 3. The molecule has 0 aromatic carbocycles. The van der Waals surface area contributed by atoms with Gasteiger partial charge in [-0.2, -0.15) is 0 Å². The standard InChI is InChI=1S/C57H104O6/c1-4-7-10-13-16-19-22-24-26-27-28-29-31-32-35-38-41-44-47-50-56(59)62-53-54(52-61-55(58)49-46-43-40-37-34-21-18-15-12-9-6-3)63-57(60)51-48-45-42-39-36-33-30-25-23-20-17-14-11-8-5-2/h16,19,24,26,28-29,54H,4-15,17-18,20-23,25,27,30-53H2,1-3H3/b19-16-,26-24-,29-28-. The minimum atomic E-state index is -0.772. The molecule has 0 aliphatic heterocycles. The Bertz CT molecular complexity index is 1060. The summed E-state index contributed by atoms with van der Waals surface area (Å²) in [6.45, 7) is 6.63. The predicted octanol–water partition coefficient (Wildman–Crippen LogP) is 18.1. The quantitative estimate of drug-likeness (QED) is 0.0262. The molecule has 0 rings (SSSR count). The maximum absolute atomic E-state index is 12.8. The third-order valence-electron chi connectivity index (χ3n) is 12.1. The average molecular weight is 885 g/mol. The van der Waals surface area contributed by atoms with Crippen LogP contribution in [0.25, 0.3) is 0 Å². The third kappa shape index (κ3) is 50.5. The Kier molecular flexibility index (Phi) is 50.3. The molecule has 0 heterocycles. The highest BCUT2D eigenvalue weighted by molar-refractivity contribution is 5.71. The van der Waals surface area contributed by atoms with Crippen LogP contribution in [-0.4, -0.2) is 37.2 Å². The third-order valence-corrected chi connectivity index (χ3v) is 12.1. The van der Waals surface area contributed by atoms with Crippen molar-refractivity contribution in [2.24, 2.45) is 0 Å². The van der Waals surface area contributed by atoms with Crippen molar-refractivity contribution in [2.45, 2.75) is 297 Å². The first-order valence-electron chi connectivity index (χ1n) is 27.5. The van der Waals surface area contributed by atoms with Crippen molar-refractivity contribution in [1.82, 2.24) is 0 Å². The minimum Gasteiger partial charge on any atom is -0.462 e. The number of carbonyl (C=O) groups excluding carboxylic acids is 3. The summed E-state index contributed by atoms with van der Waals surface area (Å²) >= 11 is 0. The topological polar surface area (TPSA) is 78.9 Å². The second-order valence-electron chi connectivity index (χ2n) is 18.5. The molecule has 0 aliphatic rings. The molecule has 0 aliphatic carbocycles. The molecule has 0 saturated heterocycles. The molecule has 1 atom stereocenters. The molecular formula is C57H104O6. The molecule has 63 heavy (non-hydrogen) atoms. The van der Waals surface area contributed by atoms with Gasteiger partial charge in [-0.1, -0.05) is 250 Å². The molecule has 0 amide bonds. The van der Waals surface area contributed by atoms with Gasteiger partial charge in [-0.05, 0) is 57.8 Å². The van der Waals surface area contributed by atoms with Gasteiger partial charge in [-0.15, -0.1) is 0 Å². The van der Waals surface area contributed by atoms with Crippen LogP contribution in [0.3, 0.4) is 0 Å². The van der Waals surface area contributed by atoms with Crippen molar-refractivity contribution in [3.63, 3.8) is 0 Å². The number of hydrogen-bond acceptors (Lipinski definition) is 6. The number of unbranched alkanes of at least 4 members (excludes halogenated alkanes) is 33. The first-order valence-corrected chi connectivity index (χ1v) is 27.5. The van der Waals surface area contributed by atoms with Crippen LogP contribution in [-0.2, 0) is 28.6 Å². The van der Waals surface area contributed by atoms with Gasteiger partial charge in [0, 0.05) is 19.3 Å². The largest absolute Gasteiger partial charge is 0.462 e. The van der Waals surface area contributed by atoms with Gasteiger partial charge in [0.15, 0.2) is 6.10 Å². The van der Waals surface area contributed by atoms with Crippen molar-refractivity contribution < 1.29 is 28.6 Å². The van der Waals surface area contributed by atoms with Crippen molar-refractivity contribution in [2.75, 3.05) is 13.2 Å². The predicted molar refractivity (Wildman–Crippen MR) is 270 cm³/mol. The highest BCUT2D eigenvalue weighted by Gasteiger charge is 2.19. The fraction of sp³-hybridized carbons (Fsp3) is 0.842. The molecule has 0 spiro atoms. The number of hydrogen-bond donors (Lipinski definition) is 0. The van der Waals surface area contributed by atoms with Crippen LogP contribution < -0.4 is 0 Å². The van der Waals surface area contributed by atoms with Gasteiger partial charge in [0.1, 0.15) is 13.2 Å². The Morgan fingerprint density at radius 1 is 0.317 bits per heavy atom. The van der Waals surface area contributed by atoms with Gasteiger partial charge in [-0.3, -0.25) is 14.4 Å². The first-order chi connectivity index (χ1) is 31.0. The number of esters is 3. The molecule has 0 aromatic rings. The van der Waals surface area contributed by atoms with Crippen LogP contribution in [0.1, 0.15) is 290 Å². The van der Waals surface area contributed by atoms with Crippen molar-refractivity contribution >= 4 is 17.9 Å². The summed E-state index contributed by atoms with van der Waals surface area (Å²) in [6.07, 6.45) is 61.2. The van der Waals surface area contributed by atoms with E-state index in [0.717, 1.165) is 77.0 Å². The van der Waals surface area contributed by atoms with E-state index in [2.05, 4.69) is 57.2 Å². The van der Waals surface area contributed by atoms with Gasteiger partial charge in [0.2, 0.25) is 0 Å². The van der Waals surface area contributed by atoms with E-state index in [0.29, 0.717) is 19.3 Å². The summed E-state index contributed by atoms with van der Waals surface area (Å²) < 4.78 is 16.8. The second kappa shape index (κ2) is 52.3. The van der Waals surface area contributed by atoms with Gasteiger partial charge < -0.3 is 14.2 Å². The second-order valence-corrected chi connectivity index (χ2v) is 18.5. The Morgan fingerprint density at radius 2 is 0.571 bits per heavy atom. The van der Waals surface area contributed by atoms with E-state index < -0.39 is 6.10 Å². The lowest BCUT2D eigenvalue weighted by Gasteiger charge is -2.18. The molecule has 0 radical (unpaired) electrons. The zero-order chi connectivity index (χ0) is 45.8. The fourth-order valence-corrected chi connectivity index (χ4v) is 7.98. The van der Waals surface area contributed by atoms with Crippen molar-refractivity contribution in [3.8, 4) is 0 Å². The normalized spacial score (nSPS) is 12.2. The van der Waals surface area contributed by atoms with Crippen LogP contribution in [0.4, 0.5) is 0 Å². The van der Waals surface area contributed by atoms with E-state index in [9.17, 15) is 14.4 Å². The highest BCUT2D eigenvalue weighted by Crippen LogP contribution is 2.16. The minimum absolute atomic E-state index is 0.0719. The van der Waals surface area contributed by atoms with E-state index in [1.807, 2.05) is 0 Å². The summed E-state index contributed by atoms with van der Waals surface area (Å²) in [4.78, 5) is 38.0. The Morgan fingerprint density at radius 3 is 0.921 bits per heavy atom. The van der Waals surface area contributed by atoms with E-state index in [-0.39, 0.29) is 31.1 Å². The van der Waals surface area contributed by atoms with Crippen LogP contribution in [0.2, 0.25) is 0 Å². The molecule has 0 fully saturated rings. The van der Waals surface area contributed by atoms with Crippen molar-refractivity contribution in [3.05, 3.63) is 36.5 Å². The molecule has 6 heteroatoms. The molecule has 6 nitrogen and oxygen atoms in total. The molecule has 0 N–H and O–H groups in total. The lowest BCUT2D eigenvalue weighted by Crippen LogP contribution is -2.30. The van der Waals surface area contributed by atoms with Crippen LogP contribution in [0, 0.1) is 0 Å². The smallest absolute Gasteiger partial charge is 0.306 e. The Balaban J connectivity index is 4.33. The molecule has 0 saturated carbocycles. The SMILES string of the molecule is CCCCC/C=C\C/C=C\C/C=C\CCCCCCCCC(=O)OCC(COC(=O)CCCCCCCCCCCCC)OC(=O)CCCCCCCCCCCCCCCCC. The number of rotatable bonds is 50. The average Bonchev–Trinajstić information content (AvgIpc) is 3.28. The summed E-state index contributed by atoms with van der Waals surface area (Å²) in [6, 6.07) is 0. The summed E-state index contributed by atoms with van der Waals surface area (Å²) in [5, 5.41) is 0. The summed E-state index contributed by atoms with van der Waals surface area (Å²) in [7, 11) is 0. The molecule has 1 unspecified atom stereocenters. The van der Waals surface area contributed by atoms with Crippen LogP contribution in [0.15, 0.2) is 36.5 Å². The van der Waals surface area contributed by atoms with Gasteiger partial charge >= 0.3 is 17.9 Å². The van der Waals surface area contributed by atoms with E-state index in [1.165, 1.54) is 173 Å². The van der Waals surface area contributed by atoms with Gasteiger partial charge in [0.25, 0.3) is 0 Å². The van der Waals surface area contributed by atoms with Gasteiger partial charge in [0.05, 0.1) is 0 Å². The first kappa shape index (κ1) is 60.6. The summed E-state index contributed by atoms with van der Waals surface area (Å²) in [5.74, 6) is -0.871. The van der Waals surface area contributed by atoms with E-state index in [1.54, 1.807) is 0 Å². The van der Waals surface area contributed by atoms with E-state index >= 15 is 0 Å². The van der Waals surface area contributed by atoms with Crippen LogP contribution >= 0.6 is 0 Å². The maximum atomic E-state index is 12.8. The lowest BCUT2D eigenvalue weighted by molar-refractivity contribution is -0.167. The number of allylic oxidation sites excluding steroid dienone is 6. The van der Waals surface area contributed by atoms with E-state index in [4.69, 9.17) is 14.2 Å². The van der Waals surface area contributed by atoms with Crippen LogP contribution in [0.5, 0.6) is 0 Å². The maximum Gasteiger partial charge on any atom is 0.306 e. The summed E-state index contributed by atoms with van der Waals surface area (Å²) in [5.41, 5.74) is 0. The molecule has 368 valence electrons.